The van der Waals surface area contributed by atoms with Crippen LogP contribution < -0.4 is 4.74 Å². The van der Waals surface area contributed by atoms with Gasteiger partial charge in [-0.05, 0) is 60.7 Å². The Morgan fingerprint density at radius 1 is 1.13 bits per heavy atom. The summed E-state index contributed by atoms with van der Waals surface area (Å²) in [7, 11) is 0. The van der Waals surface area contributed by atoms with Gasteiger partial charge in [0.05, 0.1) is 27.2 Å². The molecule has 0 saturated heterocycles. The molecule has 1 aliphatic rings. The zero-order chi connectivity index (χ0) is 21.8. The zero-order valence-electron chi connectivity index (χ0n) is 16.6. The average molecular weight is 435 g/mol. The first-order chi connectivity index (χ1) is 14.8. The molecule has 0 unspecified atom stereocenters. The van der Waals surface area contributed by atoms with Crippen molar-refractivity contribution in [1.82, 2.24) is 9.97 Å². The normalized spacial score (nSPS) is 14.5. The number of carbonyl (C=O) groups is 1. The van der Waals surface area contributed by atoms with Crippen LogP contribution >= 0.6 is 11.6 Å². The number of carboxylic acid groups (broad SMARTS) is 1. The fourth-order valence-corrected chi connectivity index (χ4v) is 3.92. The number of nitrogens with zero attached hydrogens (tertiary/aromatic N) is 1. The van der Waals surface area contributed by atoms with Crippen molar-refractivity contribution in [3.63, 3.8) is 0 Å². The molecule has 1 heterocycles. The number of aromatic amines is 1. The number of halogens is 1. The van der Waals surface area contributed by atoms with Crippen molar-refractivity contribution in [3.8, 4) is 22.9 Å². The van der Waals surface area contributed by atoms with Crippen molar-refractivity contribution < 1.29 is 19.7 Å². The Morgan fingerprint density at radius 3 is 2.55 bits per heavy atom. The fraction of sp³-hybridized carbons (Fsp3) is 0.167. The second-order valence-electron chi connectivity index (χ2n) is 7.88. The van der Waals surface area contributed by atoms with E-state index < -0.39 is 11.6 Å². The van der Waals surface area contributed by atoms with E-state index in [1.807, 2.05) is 30.3 Å². The molecule has 1 aliphatic carbocycles. The molecule has 0 aliphatic heterocycles. The number of hydrogen-bond donors (Lipinski definition) is 3. The Morgan fingerprint density at radius 2 is 1.87 bits per heavy atom. The van der Waals surface area contributed by atoms with Gasteiger partial charge in [0.1, 0.15) is 5.75 Å². The van der Waals surface area contributed by atoms with Crippen molar-refractivity contribution in [2.24, 2.45) is 0 Å². The van der Waals surface area contributed by atoms with Crippen LogP contribution in [0.15, 0.2) is 54.6 Å². The number of nitrogens with one attached hydrogen (secondary N) is 1. The highest BCUT2D eigenvalue weighted by atomic mass is 35.5. The van der Waals surface area contributed by atoms with E-state index in [-0.39, 0.29) is 11.6 Å². The second kappa shape index (κ2) is 7.11. The first kappa shape index (κ1) is 19.6. The van der Waals surface area contributed by atoms with Crippen molar-refractivity contribution >= 4 is 28.6 Å². The van der Waals surface area contributed by atoms with E-state index in [1.165, 1.54) is 6.07 Å². The van der Waals surface area contributed by atoms with Gasteiger partial charge < -0.3 is 19.9 Å². The second-order valence-corrected chi connectivity index (χ2v) is 8.29. The maximum atomic E-state index is 11.3. The molecule has 3 aromatic carbocycles. The van der Waals surface area contributed by atoms with Gasteiger partial charge >= 0.3 is 5.97 Å². The molecular weight excluding hydrogens is 416 g/mol. The summed E-state index contributed by atoms with van der Waals surface area (Å²) in [5.74, 6) is -0.634. The van der Waals surface area contributed by atoms with Crippen LogP contribution in [0.3, 0.4) is 0 Å². The van der Waals surface area contributed by atoms with E-state index in [0.717, 1.165) is 29.5 Å². The lowest BCUT2D eigenvalue weighted by Gasteiger charge is -2.10. The van der Waals surface area contributed by atoms with Crippen molar-refractivity contribution in [3.05, 3.63) is 76.3 Å². The summed E-state index contributed by atoms with van der Waals surface area (Å²) in [6, 6.07) is 16.5. The monoisotopic (exact) mass is 434 g/mol. The summed E-state index contributed by atoms with van der Waals surface area (Å²) in [4.78, 5) is 18.9. The van der Waals surface area contributed by atoms with Crippen LogP contribution in [0.5, 0.6) is 11.8 Å². The number of benzene rings is 3. The standard InChI is InChI=1S/C24H19ClN2O4/c1-13-2-7-16(10-17(13)22(28)29)31-23-26-20-11-18(19(25)12-21(20)27-23)14-3-5-15(6-4-14)24(30)8-9-24/h2-7,10-12,30H,8-9H2,1H3,(H,26,27)(H,28,29). The number of H-pyrrole nitrogens is 1. The third-order valence-corrected chi connectivity index (χ3v) is 5.97. The summed E-state index contributed by atoms with van der Waals surface area (Å²) in [6.07, 6.45) is 1.59. The summed E-state index contributed by atoms with van der Waals surface area (Å²) in [5, 5.41) is 20.1. The van der Waals surface area contributed by atoms with Crippen LogP contribution in [0.1, 0.15) is 34.3 Å². The number of aromatic nitrogens is 2. The molecule has 0 atom stereocenters. The lowest BCUT2D eigenvalue weighted by Crippen LogP contribution is -2.03. The molecule has 0 radical (unpaired) electrons. The van der Waals surface area contributed by atoms with Gasteiger partial charge in [-0.25, -0.2) is 4.79 Å². The molecule has 0 amide bonds. The predicted octanol–water partition coefficient (Wildman–Crippen LogP) is 5.66. The predicted molar refractivity (Wildman–Crippen MR) is 118 cm³/mol. The number of imidazole rings is 1. The van der Waals surface area contributed by atoms with Crippen molar-refractivity contribution in [2.75, 3.05) is 0 Å². The molecule has 1 saturated carbocycles. The number of fused-ring (bicyclic) bond motifs is 1. The minimum absolute atomic E-state index is 0.179. The van der Waals surface area contributed by atoms with Crippen molar-refractivity contribution in [1.29, 1.82) is 0 Å². The molecule has 5 rings (SSSR count). The van der Waals surface area contributed by atoms with E-state index in [4.69, 9.17) is 16.3 Å². The summed E-state index contributed by atoms with van der Waals surface area (Å²) in [6.45, 7) is 1.73. The van der Waals surface area contributed by atoms with Gasteiger partial charge in [0, 0.05) is 5.56 Å². The molecular formula is C24H19ClN2O4. The molecule has 3 N–H and O–H groups in total. The van der Waals surface area contributed by atoms with Gasteiger partial charge in [0.15, 0.2) is 0 Å². The summed E-state index contributed by atoms with van der Waals surface area (Å²) < 4.78 is 5.75. The molecule has 0 bridgehead atoms. The molecule has 1 fully saturated rings. The van der Waals surface area contributed by atoms with E-state index in [2.05, 4.69) is 9.97 Å². The van der Waals surface area contributed by atoms with Crippen LogP contribution in [0, 0.1) is 6.92 Å². The number of aliphatic hydroxyl groups is 1. The quantitative estimate of drug-likeness (QED) is 0.376. The van der Waals surface area contributed by atoms with Crippen LogP contribution in [0.2, 0.25) is 5.02 Å². The number of aromatic carboxylic acids is 1. The van der Waals surface area contributed by atoms with Crippen LogP contribution in [0.4, 0.5) is 0 Å². The van der Waals surface area contributed by atoms with E-state index in [9.17, 15) is 15.0 Å². The van der Waals surface area contributed by atoms with Crippen LogP contribution in [-0.2, 0) is 5.60 Å². The van der Waals surface area contributed by atoms with Gasteiger partial charge in [-0.2, -0.15) is 4.98 Å². The molecule has 156 valence electrons. The lowest BCUT2D eigenvalue weighted by atomic mass is 10.0. The molecule has 1 aromatic heterocycles. The van der Waals surface area contributed by atoms with E-state index in [1.54, 1.807) is 25.1 Å². The Bertz CT molecular complexity index is 1320. The number of ether oxygens (including phenoxy) is 1. The number of carboxylic acids is 1. The highest BCUT2D eigenvalue weighted by Gasteiger charge is 2.41. The maximum Gasteiger partial charge on any atom is 0.336 e. The average Bonchev–Trinajstić information content (AvgIpc) is 3.38. The Labute approximate surface area is 183 Å². The highest BCUT2D eigenvalue weighted by molar-refractivity contribution is 6.34. The maximum absolute atomic E-state index is 11.3. The Hall–Kier alpha value is -3.35. The first-order valence-electron chi connectivity index (χ1n) is 9.87. The third-order valence-electron chi connectivity index (χ3n) is 5.66. The van der Waals surface area contributed by atoms with Gasteiger partial charge in [0.2, 0.25) is 0 Å². The molecule has 31 heavy (non-hydrogen) atoms. The molecule has 0 spiro atoms. The molecule has 6 nitrogen and oxygen atoms in total. The van der Waals surface area contributed by atoms with Crippen molar-refractivity contribution in [2.45, 2.75) is 25.4 Å². The Kier molecular flexibility index (Phi) is 4.50. The smallest absolute Gasteiger partial charge is 0.336 e. The Balaban J connectivity index is 1.46. The zero-order valence-corrected chi connectivity index (χ0v) is 17.4. The fourth-order valence-electron chi connectivity index (χ4n) is 3.65. The van der Waals surface area contributed by atoms with Gasteiger partial charge in [-0.15, -0.1) is 0 Å². The highest BCUT2D eigenvalue weighted by Crippen LogP contribution is 2.45. The number of rotatable bonds is 5. The topological polar surface area (TPSA) is 95.4 Å². The molecule has 7 heteroatoms. The van der Waals surface area contributed by atoms with Gasteiger partial charge in [-0.3, -0.25) is 0 Å². The van der Waals surface area contributed by atoms with Gasteiger partial charge in [0.25, 0.3) is 6.01 Å². The lowest BCUT2D eigenvalue weighted by molar-refractivity contribution is 0.0695. The van der Waals surface area contributed by atoms with Crippen LogP contribution in [-0.4, -0.2) is 26.2 Å². The largest absolute Gasteiger partial charge is 0.478 e. The van der Waals surface area contributed by atoms with Crippen LogP contribution in [0.25, 0.3) is 22.2 Å². The van der Waals surface area contributed by atoms with E-state index >= 15 is 0 Å². The SMILES string of the molecule is Cc1ccc(Oc2nc3cc(-c4ccc(C5(O)CC5)cc4)c(Cl)cc3[nH]2)cc1C(=O)O. The molecule has 4 aromatic rings. The number of hydrogen-bond acceptors (Lipinski definition) is 4. The summed E-state index contributed by atoms with van der Waals surface area (Å²) in [5.41, 5.74) is 4.21. The third kappa shape index (κ3) is 3.65. The first-order valence-corrected chi connectivity index (χ1v) is 10.2. The van der Waals surface area contributed by atoms with E-state index in [0.29, 0.717) is 27.4 Å². The summed E-state index contributed by atoms with van der Waals surface area (Å²) >= 11 is 6.52. The number of aryl methyl sites for hydroxylation is 1. The minimum atomic E-state index is -1.01. The minimum Gasteiger partial charge on any atom is -0.478 e. The van der Waals surface area contributed by atoms with Gasteiger partial charge in [-0.1, -0.05) is 41.9 Å².